The van der Waals surface area contributed by atoms with E-state index in [0.717, 1.165) is 27.9 Å². The standard InChI is InChI=1S/C22H22FNO2/c1-13-11-18(15-5-8-17(9-6-15)24(3)4)14(2)22(26)21(13)16-7-10-20(25)19(23)12-16/h5-12,25-26H,1-4H3. The van der Waals surface area contributed by atoms with Crippen molar-refractivity contribution in [1.82, 2.24) is 0 Å². The summed E-state index contributed by atoms with van der Waals surface area (Å²) >= 11 is 0. The molecule has 0 atom stereocenters. The number of nitrogens with zero attached hydrogens (tertiary/aromatic N) is 1. The maximum absolute atomic E-state index is 13.7. The number of benzene rings is 3. The Hall–Kier alpha value is -3.01. The molecule has 0 saturated heterocycles. The summed E-state index contributed by atoms with van der Waals surface area (Å²) in [5, 5.41) is 20.2. The van der Waals surface area contributed by atoms with Crippen LogP contribution in [0.25, 0.3) is 22.3 Å². The third kappa shape index (κ3) is 3.10. The van der Waals surface area contributed by atoms with E-state index in [0.29, 0.717) is 11.1 Å². The SMILES string of the molecule is Cc1cc(-c2ccc(N(C)C)cc2)c(C)c(O)c1-c1ccc(O)c(F)c1. The van der Waals surface area contributed by atoms with E-state index in [1.807, 2.05) is 63.2 Å². The quantitative estimate of drug-likeness (QED) is 0.677. The first-order valence-corrected chi connectivity index (χ1v) is 8.39. The van der Waals surface area contributed by atoms with Gasteiger partial charge in [-0.15, -0.1) is 0 Å². The van der Waals surface area contributed by atoms with Crippen molar-refractivity contribution in [3.63, 3.8) is 0 Å². The highest BCUT2D eigenvalue weighted by molar-refractivity contribution is 5.82. The molecule has 3 nitrogen and oxygen atoms in total. The Kier molecular flexibility index (Phi) is 4.60. The largest absolute Gasteiger partial charge is 0.507 e. The lowest BCUT2D eigenvalue weighted by atomic mass is 9.90. The molecular weight excluding hydrogens is 329 g/mol. The number of hydrogen-bond donors (Lipinski definition) is 2. The van der Waals surface area contributed by atoms with Crippen molar-refractivity contribution in [2.24, 2.45) is 0 Å². The molecule has 2 N–H and O–H groups in total. The lowest BCUT2D eigenvalue weighted by Gasteiger charge is -2.17. The molecule has 3 aromatic rings. The van der Waals surface area contributed by atoms with Crippen LogP contribution in [0.4, 0.5) is 10.1 Å². The third-order valence-electron chi connectivity index (χ3n) is 4.68. The van der Waals surface area contributed by atoms with E-state index in [1.165, 1.54) is 12.1 Å². The van der Waals surface area contributed by atoms with Crippen LogP contribution in [0.2, 0.25) is 0 Å². The van der Waals surface area contributed by atoms with Crippen molar-refractivity contribution >= 4 is 5.69 Å². The van der Waals surface area contributed by atoms with Crippen LogP contribution in [0.3, 0.4) is 0 Å². The lowest BCUT2D eigenvalue weighted by molar-refractivity contribution is 0.432. The van der Waals surface area contributed by atoms with Crippen LogP contribution in [-0.4, -0.2) is 24.3 Å². The highest BCUT2D eigenvalue weighted by Crippen LogP contribution is 2.41. The molecule has 0 fully saturated rings. The Balaban J connectivity index is 2.12. The first-order chi connectivity index (χ1) is 12.3. The van der Waals surface area contributed by atoms with Gasteiger partial charge in [-0.2, -0.15) is 0 Å². The zero-order chi connectivity index (χ0) is 19.0. The third-order valence-corrected chi connectivity index (χ3v) is 4.68. The molecule has 26 heavy (non-hydrogen) atoms. The lowest BCUT2D eigenvalue weighted by Crippen LogP contribution is -2.07. The van der Waals surface area contributed by atoms with Gasteiger partial charge >= 0.3 is 0 Å². The first-order valence-electron chi connectivity index (χ1n) is 8.39. The Morgan fingerprint density at radius 2 is 1.46 bits per heavy atom. The van der Waals surface area contributed by atoms with Crippen LogP contribution in [0, 0.1) is 19.7 Å². The van der Waals surface area contributed by atoms with Gasteiger partial charge in [0, 0.05) is 25.3 Å². The topological polar surface area (TPSA) is 43.7 Å². The van der Waals surface area contributed by atoms with Crippen LogP contribution in [0.1, 0.15) is 11.1 Å². The summed E-state index contributed by atoms with van der Waals surface area (Å²) in [5.74, 6) is -0.982. The highest BCUT2D eigenvalue weighted by Gasteiger charge is 2.16. The Morgan fingerprint density at radius 1 is 0.846 bits per heavy atom. The van der Waals surface area contributed by atoms with Gasteiger partial charge in [-0.25, -0.2) is 4.39 Å². The van der Waals surface area contributed by atoms with Gasteiger partial charge in [0.2, 0.25) is 0 Å². The second-order valence-electron chi connectivity index (χ2n) is 6.70. The van der Waals surface area contributed by atoms with E-state index >= 15 is 0 Å². The van der Waals surface area contributed by atoms with E-state index in [2.05, 4.69) is 0 Å². The van der Waals surface area contributed by atoms with Gasteiger partial charge in [0.1, 0.15) is 5.75 Å². The molecule has 0 radical (unpaired) electrons. The molecule has 3 rings (SSSR count). The van der Waals surface area contributed by atoms with Crippen LogP contribution in [0.15, 0.2) is 48.5 Å². The van der Waals surface area contributed by atoms with E-state index in [-0.39, 0.29) is 5.75 Å². The van der Waals surface area contributed by atoms with Crippen molar-refractivity contribution < 1.29 is 14.6 Å². The van der Waals surface area contributed by atoms with Crippen molar-refractivity contribution in [3.8, 4) is 33.8 Å². The van der Waals surface area contributed by atoms with Gasteiger partial charge in [-0.05, 0) is 65.9 Å². The van der Waals surface area contributed by atoms with Crippen molar-refractivity contribution in [2.75, 3.05) is 19.0 Å². The molecule has 0 spiro atoms. The van der Waals surface area contributed by atoms with E-state index in [1.54, 1.807) is 6.07 Å². The summed E-state index contributed by atoms with van der Waals surface area (Å²) in [4.78, 5) is 2.03. The highest BCUT2D eigenvalue weighted by atomic mass is 19.1. The number of rotatable bonds is 3. The zero-order valence-corrected chi connectivity index (χ0v) is 15.3. The van der Waals surface area contributed by atoms with Crippen molar-refractivity contribution in [3.05, 3.63) is 65.5 Å². The van der Waals surface area contributed by atoms with Crippen molar-refractivity contribution in [1.29, 1.82) is 0 Å². The fraction of sp³-hybridized carbons (Fsp3) is 0.182. The molecule has 134 valence electrons. The molecule has 0 heterocycles. The predicted octanol–water partition coefficient (Wildman–Crippen LogP) is 5.25. The summed E-state index contributed by atoms with van der Waals surface area (Å²) in [6.45, 7) is 3.74. The smallest absolute Gasteiger partial charge is 0.165 e. The monoisotopic (exact) mass is 351 g/mol. The van der Waals surface area contributed by atoms with Gasteiger partial charge in [-0.1, -0.05) is 24.3 Å². The molecule has 0 aliphatic heterocycles. The van der Waals surface area contributed by atoms with E-state index < -0.39 is 11.6 Å². The fourth-order valence-electron chi connectivity index (χ4n) is 3.16. The Bertz CT molecular complexity index is 963. The van der Waals surface area contributed by atoms with Gasteiger partial charge < -0.3 is 15.1 Å². The second kappa shape index (κ2) is 6.71. The molecule has 0 saturated carbocycles. The number of aromatic hydroxyl groups is 2. The minimum atomic E-state index is -0.706. The van der Waals surface area contributed by atoms with Gasteiger partial charge in [0.15, 0.2) is 11.6 Å². The summed E-state index contributed by atoms with van der Waals surface area (Å²) in [7, 11) is 3.98. The summed E-state index contributed by atoms with van der Waals surface area (Å²) < 4.78 is 13.7. The Morgan fingerprint density at radius 3 is 2.04 bits per heavy atom. The number of hydrogen-bond acceptors (Lipinski definition) is 3. The molecule has 0 aliphatic rings. The van der Waals surface area contributed by atoms with Gasteiger partial charge in [-0.3, -0.25) is 0 Å². The normalized spacial score (nSPS) is 10.8. The summed E-state index contributed by atoms with van der Waals surface area (Å²) in [6.07, 6.45) is 0. The van der Waals surface area contributed by atoms with Crippen LogP contribution in [0.5, 0.6) is 11.5 Å². The molecule has 0 bridgehead atoms. The average Bonchev–Trinajstić information content (AvgIpc) is 2.61. The Labute approximate surface area is 153 Å². The minimum Gasteiger partial charge on any atom is -0.507 e. The zero-order valence-electron chi connectivity index (χ0n) is 15.3. The summed E-state index contributed by atoms with van der Waals surface area (Å²) in [6, 6.07) is 14.3. The second-order valence-corrected chi connectivity index (χ2v) is 6.70. The number of anilines is 1. The fourth-order valence-corrected chi connectivity index (χ4v) is 3.16. The number of halogens is 1. The number of phenolic OH excluding ortho intramolecular Hbond substituents is 2. The number of aryl methyl sites for hydroxylation is 1. The van der Waals surface area contributed by atoms with Crippen LogP contribution >= 0.6 is 0 Å². The van der Waals surface area contributed by atoms with Gasteiger partial charge in [0.25, 0.3) is 0 Å². The predicted molar refractivity (Wildman–Crippen MR) is 104 cm³/mol. The molecular formula is C22H22FNO2. The molecule has 3 aromatic carbocycles. The molecule has 0 amide bonds. The van der Waals surface area contributed by atoms with Crippen LogP contribution in [-0.2, 0) is 0 Å². The first kappa shape index (κ1) is 17.8. The minimum absolute atomic E-state index is 0.127. The van der Waals surface area contributed by atoms with E-state index in [9.17, 15) is 14.6 Å². The maximum Gasteiger partial charge on any atom is 0.165 e. The molecule has 4 heteroatoms. The van der Waals surface area contributed by atoms with Crippen molar-refractivity contribution in [2.45, 2.75) is 13.8 Å². The van der Waals surface area contributed by atoms with Gasteiger partial charge in [0.05, 0.1) is 0 Å². The molecule has 0 unspecified atom stereocenters. The van der Waals surface area contributed by atoms with Crippen LogP contribution < -0.4 is 4.90 Å². The maximum atomic E-state index is 13.7. The average molecular weight is 351 g/mol. The molecule has 0 aliphatic carbocycles. The number of phenols is 2. The summed E-state index contributed by atoms with van der Waals surface area (Å²) in [5.41, 5.74) is 5.73. The van der Waals surface area contributed by atoms with E-state index in [4.69, 9.17) is 0 Å². The molecule has 0 aromatic heterocycles.